The van der Waals surface area contributed by atoms with E-state index in [0.29, 0.717) is 11.1 Å². The molecule has 4 N–H and O–H groups in total. The Kier molecular flexibility index (Phi) is 7.95. The van der Waals surface area contributed by atoms with Gasteiger partial charge in [0.2, 0.25) is 10.0 Å². The summed E-state index contributed by atoms with van der Waals surface area (Å²) >= 11 is 0. The molecule has 3 aromatic carbocycles. The maximum absolute atomic E-state index is 14.7. The number of benzene rings is 3. The molecule has 3 heterocycles. The normalized spacial score (nSPS) is 14.2. The van der Waals surface area contributed by atoms with Crippen molar-refractivity contribution in [2.75, 3.05) is 12.8 Å². The topological polar surface area (TPSA) is 116 Å². The lowest BCUT2D eigenvalue weighted by Gasteiger charge is -2.11. The van der Waals surface area contributed by atoms with Gasteiger partial charge in [-0.1, -0.05) is 31.0 Å². The van der Waals surface area contributed by atoms with Gasteiger partial charge in [-0.25, -0.2) is 17.5 Å². The van der Waals surface area contributed by atoms with Gasteiger partial charge in [0.1, 0.15) is 11.5 Å². The van der Waals surface area contributed by atoms with E-state index in [2.05, 4.69) is 48.4 Å². The van der Waals surface area contributed by atoms with E-state index in [4.69, 9.17) is 0 Å². The fraction of sp³-hybridized carbons (Fsp3) is 0.257. The molecule has 1 aliphatic rings. The lowest BCUT2D eigenvalue weighted by atomic mass is 9.99. The molecule has 45 heavy (non-hydrogen) atoms. The van der Waals surface area contributed by atoms with Crippen LogP contribution < -0.4 is 10.0 Å². The first kappa shape index (κ1) is 29.3. The SMILES string of the molecule is CS(=O)(=O)NCc1cc(F)cc(-c2cccc3[nH]c(-c4n[nH]c5ccc(-c6cncc(CNCC7CCCC7)c6)cc45)cc23)c1. The Morgan fingerprint density at radius 3 is 2.56 bits per heavy atom. The second-order valence-electron chi connectivity index (χ2n) is 12.1. The highest BCUT2D eigenvalue weighted by Crippen LogP contribution is 2.36. The molecule has 10 heteroatoms. The van der Waals surface area contributed by atoms with Crippen molar-refractivity contribution in [2.24, 2.45) is 5.92 Å². The van der Waals surface area contributed by atoms with E-state index in [0.717, 1.165) is 80.7 Å². The summed E-state index contributed by atoms with van der Waals surface area (Å²) in [5.41, 5.74) is 8.73. The van der Waals surface area contributed by atoms with Crippen molar-refractivity contribution in [1.82, 2.24) is 30.2 Å². The van der Waals surface area contributed by atoms with E-state index in [1.165, 1.54) is 37.8 Å². The summed E-state index contributed by atoms with van der Waals surface area (Å²) in [6.45, 7) is 1.87. The summed E-state index contributed by atoms with van der Waals surface area (Å²) in [6, 6.07) is 20.9. The van der Waals surface area contributed by atoms with Crippen LogP contribution in [0.2, 0.25) is 0 Å². The maximum atomic E-state index is 14.7. The van der Waals surface area contributed by atoms with E-state index >= 15 is 0 Å². The second kappa shape index (κ2) is 12.2. The van der Waals surface area contributed by atoms with Crippen LogP contribution in [0.15, 0.2) is 79.1 Å². The van der Waals surface area contributed by atoms with E-state index in [9.17, 15) is 12.8 Å². The smallest absolute Gasteiger partial charge is 0.209 e. The Morgan fingerprint density at radius 1 is 0.867 bits per heavy atom. The van der Waals surface area contributed by atoms with Crippen molar-refractivity contribution >= 4 is 31.8 Å². The minimum Gasteiger partial charge on any atom is -0.353 e. The average Bonchev–Trinajstić information content (AvgIpc) is 3.79. The number of pyridine rings is 1. The van der Waals surface area contributed by atoms with Gasteiger partial charge in [0.15, 0.2) is 0 Å². The first-order valence-corrected chi connectivity index (χ1v) is 17.2. The third-order valence-electron chi connectivity index (χ3n) is 8.65. The zero-order valence-corrected chi connectivity index (χ0v) is 25.8. The van der Waals surface area contributed by atoms with Crippen molar-refractivity contribution in [3.05, 3.63) is 96.1 Å². The van der Waals surface area contributed by atoms with E-state index in [-0.39, 0.29) is 6.54 Å². The van der Waals surface area contributed by atoms with Gasteiger partial charge in [0, 0.05) is 47.3 Å². The number of halogens is 1. The van der Waals surface area contributed by atoms with Crippen molar-refractivity contribution < 1.29 is 12.8 Å². The number of aromatic amines is 2. The number of H-pyrrole nitrogens is 2. The molecule has 1 fully saturated rings. The molecule has 0 atom stereocenters. The highest BCUT2D eigenvalue weighted by atomic mass is 32.2. The lowest BCUT2D eigenvalue weighted by molar-refractivity contribution is 0.489. The van der Waals surface area contributed by atoms with Crippen LogP contribution in [-0.4, -0.2) is 41.4 Å². The highest BCUT2D eigenvalue weighted by Gasteiger charge is 2.16. The number of aromatic nitrogens is 4. The van der Waals surface area contributed by atoms with Crippen molar-refractivity contribution in [1.29, 1.82) is 0 Å². The quantitative estimate of drug-likeness (QED) is 0.133. The largest absolute Gasteiger partial charge is 0.353 e. The Labute approximate surface area is 261 Å². The number of hydrogen-bond acceptors (Lipinski definition) is 5. The van der Waals surface area contributed by atoms with Crippen LogP contribution in [0.5, 0.6) is 0 Å². The molecule has 8 nitrogen and oxygen atoms in total. The molecule has 0 bridgehead atoms. The van der Waals surface area contributed by atoms with Crippen LogP contribution in [0.1, 0.15) is 36.8 Å². The van der Waals surface area contributed by atoms with Crippen LogP contribution >= 0.6 is 0 Å². The summed E-state index contributed by atoms with van der Waals surface area (Å²) in [5.74, 6) is 0.360. The summed E-state index contributed by atoms with van der Waals surface area (Å²) in [5, 5.41) is 13.3. The first-order chi connectivity index (χ1) is 21.8. The van der Waals surface area contributed by atoms with Crippen LogP contribution in [0.3, 0.4) is 0 Å². The maximum Gasteiger partial charge on any atom is 0.209 e. The van der Waals surface area contributed by atoms with E-state index in [1.54, 1.807) is 0 Å². The zero-order chi connectivity index (χ0) is 31.0. The third kappa shape index (κ3) is 6.54. The van der Waals surface area contributed by atoms with Crippen LogP contribution in [0.25, 0.3) is 55.4 Å². The molecule has 1 aliphatic carbocycles. The number of rotatable bonds is 10. The van der Waals surface area contributed by atoms with Gasteiger partial charge >= 0.3 is 0 Å². The number of nitrogens with zero attached hydrogens (tertiary/aromatic N) is 2. The van der Waals surface area contributed by atoms with Crippen LogP contribution in [0.4, 0.5) is 4.39 Å². The van der Waals surface area contributed by atoms with Crippen molar-refractivity contribution in [2.45, 2.75) is 38.8 Å². The molecule has 0 spiro atoms. The second-order valence-corrected chi connectivity index (χ2v) is 13.9. The molecule has 6 aromatic rings. The Morgan fingerprint density at radius 2 is 1.71 bits per heavy atom. The molecule has 0 saturated heterocycles. The lowest BCUT2D eigenvalue weighted by Crippen LogP contribution is -2.21. The summed E-state index contributed by atoms with van der Waals surface area (Å²) < 4.78 is 40.3. The van der Waals surface area contributed by atoms with Gasteiger partial charge in [-0.2, -0.15) is 5.10 Å². The molecular weight excluding hydrogens is 587 g/mol. The Hall–Kier alpha value is -4.38. The van der Waals surface area contributed by atoms with Crippen LogP contribution in [0, 0.1) is 11.7 Å². The number of sulfonamides is 1. The predicted molar refractivity (Wildman–Crippen MR) is 177 cm³/mol. The highest BCUT2D eigenvalue weighted by molar-refractivity contribution is 7.88. The molecular formula is C35H35FN6O2S. The predicted octanol–water partition coefficient (Wildman–Crippen LogP) is 6.91. The molecule has 230 valence electrons. The van der Waals surface area contributed by atoms with Gasteiger partial charge in [-0.3, -0.25) is 10.1 Å². The minimum absolute atomic E-state index is 0.00888. The zero-order valence-electron chi connectivity index (χ0n) is 25.0. The molecule has 7 rings (SSSR count). The summed E-state index contributed by atoms with van der Waals surface area (Å²) in [4.78, 5) is 8.03. The third-order valence-corrected chi connectivity index (χ3v) is 9.32. The number of fused-ring (bicyclic) bond motifs is 2. The van der Waals surface area contributed by atoms with Gasteiger partial charge in [0.05, 0.1) is 17.5 Å². The Balaban J connectivity index is 1.19. The van der Waals surface area contributed by atoms with E-state index in [1.807, 2.05) is 48.8 Å². The fourth-order valence-electron chi connectivity index (χ4n) is 6.43. The monoisotopic (exact) mass is 622 g/mol. The van der Waals surface area contributed by atoms with Gasteiger partial charge in [0.25, 0.3) is 0 Å². The summed E-state index contributed by atoms with van der Waals surface area (Å²) in [6.07, 6.45) is 10.3. The first-order valence-electron chi connectivity index (χ1n) is 15.3. The molecule has 0 aliphatic heterocycles. The van der Waals surface area contributed by atoms with Crippen LogP contribution in [-0.2, 0) is 23.1 Å². The van der Waals surface area contributed by atoms with Crippen molar-refractivity contribution in [3.8, 4) is 33.6 Å². The fourth-order valence-corrected chi connectivity index (χ4v) is 6.86. The standard InChI is InChI=1S/C35H35FN6O2S/c1-45(43,44)39-20-23-11-26(14-28(36)13-23)29-7-4-8-32-30(29)16-34(40-32)35-31-15-25(9-10-33(31)41-42-35)27-12-24(19-38-21-27)18-37-17-22-5-2-3-6-22/h4,7-16,19,21-22,37,39-40H,2-3,5-6,17-18,20H2,1H3,(H,41,42). The molecule has 1 saturated carbocycles. The van der Waals surface area contributed by atoms with Gasteiger partial charge in [-0.15, -0.1) is 0 Å². The van der Waals surface area contributed by atoms with Gasteiger partial charge in [-0.05, 0) is 102 Å². The van der Waals surface area contributed by atoms with Gasteiger partial charge < -0.3 is 10.3 Å². The number of hydrogen-bond donors (Lipinski definition) is 4. The minimum atomic E-state index is -3.41. The molecule has 0 radical (unpaired) electrons. The Bertz CT molecular complexity index is 2110. The average molecular weight is 623 g/mol. The molecule has 0 unspecified atom stereocenters. The number of nitrogens with one attached hydrogen (secondary N) is 4. The molecule has 0 amide bonds. The summed E-state index contributed by atoms with van der Waals surface area (Å²) in [7, 11) is -3.41. The molecule has 3 aromatic heterocycles. The van der Waals surface area contributed by atoms with E-state index < -0.39 is 15.8 Å². The van der Waals surface area contributed by atoms with Crippen molar-refractivity contribution in [3.63, 3.8) is 0 Å².